The van der Waals surface area contributed by atoms with Crippen LogP contribution in [0.1, 0.15) is 24.8 Å². The third kappa shape index (κ3) is 3.44. The first-order chi connectivity index (χ1) is 10.5. The number of rotatable bonds is 2. The number of nitrogens with zero attached hydrogens (tertiary/aromatic N) is 1. The van der Waals surface area contributed by atoms with Crippen molar-refractivity contribution in [1.82, 2.24) is 4.90 Å². The zero-order chi connectivity index (χ0) is 15.7. The maximum Gasteiger partial charge on any atom is 0.124 e. The Labute approximate surface area is 134 Å². The molecule has 0 unspecified atom stereocenters. The third-order valence-corrected chi connectivity index (χ3v) is 5.11. The predicted octanol–water partition coefficient (Wildman–Crippen LogP) is 1.96. The molecule has 6 heteroatoms. The second-order valence-corrected chi connectivity index (χ2v) is 6.75. The Morgan fingerprint density at radius 1 is 1.27 bits per heavy atom. The molecule has 2 atom stereocenters. The van der Waals surface area contributed by atoms with Gasteiger partial charge in [0.25, 0.3) is 0 Å². The van der Waals surface area contributed by atoms with E-state index in [2.05, 4.69) is 4.90 Å². The number of ether oxygens (including phenoxy) is 1. The Bertz CT molecular complexity index is 534. The summed E-state index contributed by atoms with van der Waals surface area (Å²) < 4.78 is 18.9. The summed E-state index contributed by atoms with van der Waals surface area (Å²) >= 11 is 6.07. The van der Waals surface area contributed by atoms with Gasteiger partial charge in [0.1, 0.15) is 11.9 Å². The summed E-state index contributed by atoms with van der Waals surface area (Å²) in [5.41, 5.74) is 0.598. The molecule has 1 aromatic rings. The number of piperidine rings is 1. The molecular formula is C16H21ClFNO3. The normalized spacial score (nSPS) is 28.9. The van der Waals surface area contributed by atoms with Crippen LogP contribution in [-0.2, 0) is 11.3 Å². The van der Waals surface area contributed by atoms with Crippen molar-refractivity contribution in [2.75, 3.05) is 19.7 Å². The van der Waals surface area contributed by atoms with Crippen LogP contribution in [0, 0.1) is 5.82 Å². The predicted molar refractivity (Wildman–Crippen MR) is 81.2 cm³/mol. The summed E-state index contributed by atoms with van der Waals surface area (Å²) in [6.45, 7) is 2.54. The van der Waals surface area contributed by atoms with Crippen LogP contribution in [0.3, 0.4) is 0 Å². The van der Waals surface area contributed by atoms with E-state index in [0.29, 0.717) is 18.0 Å². The van der Waals surface area contributed by atoms with Crippen LogP contribution in [-0.4, -0.2) is 52.6 Å². The number of benzene rings is 1. The molecule has 2 heterocycles. The van der Waals surface area contributed by atoms with Crippen molar-refractivity contribution in [3.63, 3.8) is 0 Å². The molecule has 2 aliphatic rings. The van der Waals surface area contributed by atoms with E-state index in [9.17, 15) is 14.6 Å². The van der Waals surface area contributed by atoms with Crippen LogP contribution in [0.2, 0.25) is 5.02 Å². The number of hydrogen-bond acceptors (Lipinski definition) is 4. The lowest BCUT2D eigenvalue weighted by Gasteiger charge is -2.46. The van der Waals surface area contributed by atoms with Gasteiger partial charge >= 0.3 is 0 Å². The van der Waals surface area contributed by atoms with Crippen molar-refractivity contribution in [3.8, 4) is 0 Å². The van der Waals surface area contributed by atoms with Gasteiger partial charge in [-0.2, -0.15) is 0 Å². The van der Waals surface area contributed by atoms with Crippen LogP contribution in [0.4, 0.5) is 4.39 Å². The fourth-order valence-electron chi connectivity index (χ4n) is 3.31. The van der Waals surface area contributed by atoms with Crippen molar-refractivity contribution in [2.24, 2.45) is 0 Å². The molecule has 2 saturated heterocycles. The van der Waals surface area contributed by atoms with Gasteiger partial charge in [0, 0.05) is 31.1 Å². The average molecular weight is 330 g/mol. The Hall–Kier alpha value is -0.720. The van der Waals surface area contributed by atoms with Gasteiger partial charge in [-0.3, -0.25) is 4.90 Å². The zero-order valence-electron chi connectivity index (χ0n) is 12.3. The van der Waals surface area contributed by atoms with Crippen LogP contribution < -0.4 is 0 Å². The summed E-state index contributed by atoms with van der Waals surface area (Å²) in [6.07, 6.45) is 0.637. The minimum Gasteiger partial charge on any atom is -0.390 e. The molecular weight excluding hydrogens is 309 g/mol. The Balaban J connectivity index is 1.58. The lowest BCUT2D eigenvalue weighted by Crippen LogP contribution is -2.54. The number of hydrogen-bond donors (Lipinski definition) is 2. The quantitative estimate of drug-likeness (QED) is 0.871. The molecule has 22 heavy (non-hydrogen) atoms. The molecule has 122 valence electrons. The molecule has 2 N–H and O–H groups in total. The Morgan fingerprint density at radius 3 is 2.64 bits per heavy atom. The van der Waals surface area contributed by atoms with Crippen LogP contribution in [0.5, 0.6) is 0 Å². The first kappa shape index (κ1) is 16.1. The first-order valence-corrected chi connectivity index (χ1v) is 8.02. The molecule has 0 aliphatic carbocycles. The van der Waals surface area contributed by atoms with Gasteiger partial charge in [-0.1, -0.05) is 17.7 Å². The lowest BCUT2D eigenvalue weighted by molar-refractivity contribution is -0.188. The van der Waals surface area contributed by atoms with Crippen LogP contribution >= 0.6 is 11.6 Å². The second kappa shape index (κ2) is 6.42. The highest BCUT2D eigenvalue weighted by molar-refractivity contribution is 6.31. The molecule has 0 aromatic heterocycles. The summed E-state index contributed by atoms with van der Waals surface area (Å²) in [5, 5.41) is 19.9. The molecule has 0 radical (unpaired) electrons. The molecule has 0 amide bonds. The maximum absolute atomic E-state index is 13.1. The Morgan fingerprint density at radius 2 is 2.00 bits per heavy atom. The summed E-state index contributed by atoms with van der Waals surface area (Å²) in [4.78, 5) is 2.26. The van der Waals surface area contributed by atoms with Gasteiger partial charge in [-0.25, -0.2) is 4.39 Å². The van der Waals surface area contributed by atoms with Crippen molar-refractivity contribution < 1.29 is 19.3 Å². The Kier molecular flexibility index (Phi) is 4.71. The highest BCUT2D eigenvalue weighted by atomic mass is 35.5. The lowest BCUT2D eigenvalue weighted by atomic mass is 9.82. The van der Waals surface area contributed by atoms with Crippen LogP contribution in [0.25, 0.3) is 0 Å². The first-order valence-electron chi connectivity index (χ1n) is 7.64. The molecule has 0 saturated carbocycles. The number of aliphatic hydroxyl groups is 2. The van der Waals surface area contributed by atoms with Gasteiger partial charge in [-0.15, -0.1) is 0 Å². The summed E-state index contributed by atoms with van der Waals surface area (Å²) in [7, 11) is 0. The summed E-state index contributed by atoms with van der Waals surface area (Å²) in [6, 6.07) is 4.48. The zero-order valence-corrected chi connectivity index (χ0v) is 13.1. The molecule has 1 spiro atoms. The average Bonchev–Trinajstić information content (AvgIpc) is 2.49. The molecule has 2 aliphatic heterocycles. The fraction of sp³-hybridized carbons (Fsp3) is 0.625. The molecule has 4 nitrogen and oxygen atoms in total. The van der Waals surface area contributed by atoms with Gasteiger partial charge in [0.15, 0.2) is 0 Å². The minimum atomic E-state index is -0.776. The van der Waals surface area contributed by atoms with E-state index in [1.807, 2.05) is 0 Å². The monoisotopic (exact) mass is 329 g/mol. The summed E-state index contributed by atoms with van der Waals surface area (Å²) in [5.74, 6) is -0.325. The van der Waals surface area contributed by atoms with Crippen molar-refractivity contribution in [3.05, 3.63) is 34.6 Å². The van der Waals surface area contributed by atoms with E-state index in [0.717, 1.165) is 31.5 Å². The van der Waals surface area contributed by atoms with Gasteiger partial charge in [-0.05, 0) is 30.5 Å². The maximum atomic E-state index is 13.1. The standard InChI is InChI=1S/C16H21ClFNO3/c17-13-7-12(18)2-1-11(13)9-19-5-3-16(4-6-19)8-14(20)15(21)10-22-16/h1-2,7,14-15,20-21H,3-6,8-10H2/t14-,15+/m1/s1. The second-order valence-electron chi connectivity index (χ2n) is 6.34. The largest absolute Gasteiger partial charge is 0.390 e. The molecule has 3 rings (SSSR count). The van der Waals surface area contributed by atoms with Gasteiger partial charge in [0.05, 0.1) is 18.3 Å². The van der Waals surface area contributed by atoms with Crippen molar-refractivity contribution in [2.45, 2.75) is 43.6 Å². The highest BCUT2D eigenvalue weighted by Gasteiger charge is 2.42. The van der Waals surface area contributed by atoms with E-state index >= 15 is 0 Å². The third-order valence-electron chi connectivity index (χ3n) is 4.76. The van der Waals surface area contributed by atoms with E-state index in [4.69, 9.17) is 16.3 Å². The molecule has 1 aromatic carbocycles. The van der Waals surface area contributed by atoms with E-state index in [1.165, 1.54) is 12.1 Å². The molecule has 0 bridgehead atoms. The number of likely N-dealkylation sites (tertiary alicyclic amines) is 1. The highest BCUT2D eigenvalue weighted by Crippen LogP contribution is 2.35. The minimum absolute atomic E-state index is 0.199. The number of halogens is 2. The SMILES string of the molecule is O[C@@H]1CC2(CCN(Cc3ccc(F)cc3Cl)CC2)OC[C@@H]1O. The number of aliphatic hydroxyl groups excluding tert-OH is 2. The van der Waals surface area contributed by atoms with Gasteiger partial charge in [0.2, 0.25) is 0 Å². The van der Waals surface area contributed by atoms with E-state index in [1.54, 1.807) is 6.07 Å². The topological polar surface area (TPSA) is 52.9 Å². The van der Waals surface area contributed by atoms with E-state index in [-0.39, 0.29) is 18.0 Å². The van der Waals surface area contributed by atoms with E-state index < -0.39 is 12.2 Å². The fourth-order valence-corrected chi connectivity index (χ4v) is 3.53. The van der Waals surface area contributed by atoms with Gasteiger partial charge < -0.3 is 14.9 Å². The van der Waals surface area contributed by atoms with Crippen molar-refractivity contribution in [1.29, 1.82) is 0 Å². The molecule has 2 fully saturated rings. The smallest absolute Gasteiger partial charge is 0.124 e. The van der Waals surface area contributed by atoms with Crippen LogP contribution in [0.15, 0.2) is 18.2 Å². The van der Waals surface area contributed by atoms with Crippen molar-refractivity contribution >= 4 is 11.6 Å².